The number of halogens is 1. The lowest BCUT2D eigenvalue weighted by Crippen LogP contribution is -2.05. The first-order valence-corrected chi connectivity index (χ1v) is 6.82. The summed E-state index contributed by atoms with van der Waals surface area (Å²) in [6.45, 7) is 4.45. The fraction of sp³-hybridized carbons (Fsp3) is 0.214. The Morgan fingerprint density at radius 3 is 2.76 bits per heavy atom. The van der Waals surface area contributed by atoms with Gasteiger partial charge >= 0.3 is 5.69 Å². The van der Waals surface area contributed by atoms with Crippen molar-refractivity contribution in [3.63, 3.8) is 0 Å². The van der Waals surface area contributed by atoms with Gasteiger partial charge in [-0.3, -0.25) is 10.1 Å². The Balaban J connectivity index is 2.43. The first-order valence-electron chi connectivity index (χ1n) is 6.44. The molecule has 0 saturated carbocycles. The van der Waals surface area contributed by atoms with Crippen molar-refractivity contribution < 1.29 is 4.92 Å². The molecule has 110 valence electrons. The van der Waals surface area contributed by atoms with E-state index in [0.29, 0.717) is 23.1 Å². The lowest BCUT2D eigenvalue weighted by Gasteiger charge is -2.11. The number of nitrogens with zero attached hydrogens (tertiary/aromatic N) is 2. The van der Waals surface area contributed by atoms with E-state index < -0.39 is 4.92 Å². The molecular weight excluding hydrogens is 292 g/mol. The maximum Gasteiger partial charge on any atom is 0.311 e. The predicted molar refractivity (Wildman–Crippen MR) is 84.5 cm³/mol. The summed E-state index contributed by atoms with van der Waals surface area (Å²) in [5.41, 5.74) is 1.41. The summed E-state index contributed by atoms with van der Waals surface area (Å²) in [5.74, 6) is 0.758. The van der Waals surface area contributed by atoms with Crippen molar-refractivity contribution in [2.45, 2.75) is 13.8 Å². The van der Waals surface area contributed by atoms with E-state index >= 15 is 0 Å². The highest BCUT2D eigenvalue weighted by atomic mass is 35.5. The molecule has 6 nitrogen and oxygen atoms in total. The van der Waals surface area contributed by atoms with E-state index in [1.165, 1.54) is 6.07 Å². The monoisotopic (exact) mass is 306 g/mol. The van der Waals surface area contributed by atoms with Crippen molar-refractivity contribution in [2.24, 2.45) is 0 Å². The lowest BCUT2D eigenvalue weighted by atomic mass is 10.2. The molecule has 7 heteroatoms. The molecule has 1 heterocycles. The molecule has 0 aliphatic heterocycles. The maximum absolute atomic E-state index is 11.1. The van der Waals surface area contributed by atoms with Crippen LogP contribution in [0, 0.1) is 17.0 Å². The zero-order valence-corrected chi connectivity index (χ0v) is 12.4. The fourth-order valence-corrected chi connectivity index (χ4v) is 2.02. The average Bonchev–Trinajstić information content (AvgIpc) is 2.44. The Morgan fingerprint density at radius 1 is 1.33 bits per heavy atom. The topological polar surface area (TPSA) is 80.1 Å². The van der Waals surface area contributed by atoms with Gasteiger partial charge in [-0.05, 0) is 37.6 Å². The number of nitrogens with one attached hydrogen (secondary N) is 2. The predicted octanol–water partition coefficient (Wildman–Crippen LogP) is 4.13. The number of nitro groups is 1. The van der Waals surface area contributed by atoms with Crippen molar-refractivity contribution in [3.8, 4) is 0 Å². The van der Waals surface area contributed by atoms with Crippen LogP contribution in [0.3, 0.4) is 0 Å². The van der Waals surface area contributed by atoms with Crippen LogP contribution < -0.4 is 10.6 Å². The molecule has 0 spiro atoms. The Hall–Kier alpha value is -2.34. The van der Waals surface area contributed by atoms with Gasteiger partial charge in [0.05, 0.1) is 4.92 Å². The first kappa shape index (κ1) is 15.1. The van der Waals surface area contributed by atoms with E-state index in [4.69, 9.17) is 11.6 Å². The molecule has 0 fully saturated rings. The van der Waals surface area contributed by atoms with E-state index in [9.17, 15) is 10.1 Å². The van der Waals surface area contributed by atoms with Crippen LogP contribution in [0.25, 0.3) is 0 Å². The van der Waals surface area contributed by atoms with E-state index in [1.807, 2.05) is 13.8 Å². The number of hydrogen-bond donors (Lipinski definition) is 2. The second kappa shape index (κ2) is 6.41. The van der Waals surface area contributed by atoms with Crippen LogP contribution in [0.1, 0.15) is 12.5 Å². The maximum atomic E-state index is 11.1. The minimum Gasteiger partial charge on any atom is -0.370 e. The van der Waals surface area contributed by atoms with Crippen LogP contribution in [0.2, 0.25) is 5.02 Å². The highest BCUT2D eigenvalue weighted by molar-refractivity contribution is 6.31. The van der Waals surface area contributed by atoms with Gasteiger partial charge in [-0.25, -0.2) is 4.98 Å². The van der Waals surface area contributed by atoms with Gasteiger partial charge < -0.3 is 10.6 Å². The van der Waals surface area contributed by atoms with Gasteiger partial charge in [-0.1, -0.05) is 17.7 Å². The fourth-order valence-electron chi connectivity index (χ4n) is 1.84. The molecular formula is C14H15ClN4O2. The Morgan fingerprint density at radius 2 is 2.10 bits per heavy atom. The van der Waals surface area contributed by atoms with Gasteiger partial charge in [0.25, 0.3) is 0 Å². The standard InChI is InChI=1S/C14H15ClN4O2/c1-3-16-13-8-7-12(19(20)21)14(18-13)17-11-6-4-5-10(15)9(11)2/h4-8H,3H2,1-2H3,(H2,16,17,18). The van der Waals surface area contributed by atoms with E-state index in [2.05, 4.69) is 15.6 Å². The van der Waals surface area contributed by atoms with Gasteiger partial charge in [0.2, 0.25) is 5.82 Å². The molecule has 1 aromatic heterocycles. The van der Waals surface area contributed by atoms with Crippen molar-refractivity contribution in [1.29, 1.82) is 0 Å². The number of rotatable bonds is 5. The van der Waals surface area contributed by atoms with Crippen LogP contribution in [0.5, 0.6) is 0 Å². The number of anilines is 3. The quantitative estimate of drug-likeness (QED) is 0.641. The highest BCUT2D eigenvalue weighted by Crippen LogP contribution is 2.30. The molecule has 0 atom stereocenters. The van der Waals surface area contributed by atoms with E-state index in [-0.39, 0.29) is 11.5 Å². The third-order valence-corrected chi connectivity index (χ3v) is 3.36. The Kier molecular flexibility index (Phi) is 4.59. The molecule has 1 aromatic carbocycles. The van der Waals surface area contributed by atoms with Gasteiger partial charge in [-0.2, -0.15) is 0 Å². The number of aromatic nitrogens is 1. The lowest BCUT2D eigenvalue weighted by molar-refractivity contribution is -0.384. The van der Waals surface area contributed by atoms with Gasteiger partial charge in [0, 0.05) is 23.3 Å². The average molecular weight is 307 g/mol. The first-order chi connectivity index (χ1) is 10.0. The molecule has 2 N–H and O–H groups in total. The molecule has 0 unspecified atom stereocenters. The van der Waals surface area contributed by atoms with E-state index in [0.717, 1.165) is 5.56 Å². The third kappa shape index (κ3) is 3.41. The summed E-state index contributed by atoms with van der Waals surface area (Å²) in [6.07, 6.45) is 0. The van der Waals surface area contributed by atoms with Crippen LogP contribution in [0.15, 0.2) is 30.3 Å². The van der Waals surface area contributed by atoms with Crippen molar-refractivity contribution in [3.05, 3.63) is 51.0 Å². The van der Waals surface area contributed by atoms with E-state index in [1.54, 1.807) is 24.3 Å². The van der Waals surface area contributed by atoms with Crippen molar-refractivity contribution in [1.82, 2.24) is 4.98 Å². The second-order valence-corrected chi connectivity index (χ2v) is 4.80. The van der Waals surface area contributed by atoms with Gasteiger partial charge in [0.1, 0.15) is 5.82 Å². The minimum absolute atomic E-state index is 0.0870. The summed E-state index contributed by atoms with van der Waals surface area (Å²) in [5, 5.41) is 17.7. The van der Waals surface area contributed by atoms with Gasteiger partial charge in [0.15, 0.2) is 0 Å². The van der Waals surface area contributed by atoms with Crippen molar-refractivity contribution >= 4 is 34.6 Å². The molecule has 0 saturated heterocycles. The summed E-state index contributed by atoms with van der Waals surface area (Å²) in [7, 11) is 0. The minimum atomic E-state index is -0.467. The summed E-state index contributed by atoms with van der Waals surface area (Å²) >= 11 is 6.06. The zero-order valence-electron chi connectivity index (χ0n) is 11.7. The molecule has 0 radical (unpaired) electrons. The van der Waals surface area contributed by atoms with Crippen molar-refractivity contribution in [2.75, 3.05) is 17.2 Å². The smallest absolute Gasteiger partial charge is 0.311 e. The SMILES string of the molecule is CCNc1ccc([N+](=O)[O-])c(Nc2cccc(Cl)c2C)n1. The molecule has 0 aliphatic carbocycles. The van der Waals surface area contributed by atoms with Crippen LogP contribution >= 0.6 is 11.6 Å². The molecule has 0 aliphatic rings. The normalized spacial score (nSPS) is 10.2. The summed E-state index contributed by atoms with van der Waals surface area (Å²) in [4.78, 5) is 14.9. The molecule has 21 heavy (non-hydrogen) atoms. The van der Waals surface area contributed by atoms with Crippen LogP contribution in [-0.2, 0) is 0 Å². The summed E-state index contributed by atoms with van der Waals surface area (Å²) < 4.78 is 0. The Labute approximate surface area is 127 Å². The zero-order chi connectivity index (χ0) is 15.4. The highest BCUT2D eigenvalue weighted by Gasteiger charge is 2.17. The van der Waals surface area contributed by atoms with Crippen LogP contribution in [0.4, 0.5) is 23.0 Å². The van der Waals surface area contributed by atoms with Gasteiger partial charge in [-0.15, -0.1) is 0 Å². The van der Waals surface area contributed by atoms with Crippen LogP contribution in [-0.4, -0.2) is 16.5 Å². The molecule has 0 bridgehead atoms. The second-order valence-electron chi connectivity index (χ2n) is 4.39. The summed E-state index contributed by atoms with van der Waals surface area (Å²) in [6, 6.07) is 8.34. The number of pyridine rings is 1. The molecule has 2 aromatic rings. The molecule has 0 amide bonds. The number of hydrogen-bond acceptors (Lipinski definition) is 5. The third-order valence-electron chi connectivity index (χ3n) is 2.95. The Bertz CT molecular complexity index is 676. The largest absolute Gasteiger partial charge is 0.370 e. The number of benzene rings is 1. The molecule has 2 rings (SSSR count).